The molecule has 2 aromatic carbocycles. The zero-order chi connectivity index (χ0) is 21.3. The summed E-state index contributed by atoms with van der Waals surface area (Å²) in [5.74, 6) is -0.399. The summed E-state index contributed by atoms with van der Waals surface area (Å²) in [4.78, 5) is 27.2. The van der Waals surface area contributed by atoms with Gasteiger partial charge in [-0.15, -0.1) is 11.3 Å². The standard InChI is InChI=1S/C21H19N5O3S/c1-13-3-8-17-18(11-13)30-21(23-17)15-4-6-16(7-5-15)22-20(27)9-10-25-14(2)12-19(24-25)26(28)29/h3-8,11-12H,9-10H2,1-2H3,(H,22,27). The van der Waals surface area contributed by atoms with E-state index in [1.165, 1.54) is 16.3 Å². The lowest BCUT2D eigenvalue weighted by Crippen LogP contribution is -2.15. The van der Waals surface area contributed by atoms with Crippen LogP contribution in [0.25, 0.3) is 20.8 Å². The Hall–Kier alpha value is -3.59. The summed E-state index contributed by atoms with van der Waals surface area (Å²) in [6, 6.07) is 15.1. The molecule has 0 saturated heterocycles. The number of thiazole rings is 1. The van der Waals surface area contributed by atoms with Crippen molar-refractivity contribution in [1.29, 1.82) is 0 Å². The molecule has 9 heteroatoms. The van der Waals surface area contributed by atoms with Gasteiger partial charge in [-0.2, -0.15) is 4.68 Å². The molecular weight excluding hydrogens is 402 g/mol. The third-order valence-electron chi connectivity index (χ3n) is 4.67. The van der Waals surface area contributed by atoms with Gasteiger partial charge in [0.05, 0.1) is 33.6 Å². The maximum atomic E-state index is 12.2. The predicted octanol–water partition coefficient (Wildman–Crippen LogP) is 4.71. The molecule has 0 aliphatic rings. The van der Waals surface area contributed by atoms with E-state index in [4.69, 9.17) is 0 Å². The Kier molecular flexibility index (Phi) is 5.28. The van der Waals surface area contributed by atoms with E-state index in [9.17, 15) is 14.9 Å². The molecule has 4 rings (SSSR count). The number of benzene rings is 2. The summed E-state index contributed by atoms with van der Waals surface area (Å²) >= 11 is 1.64. The van der Waals surface area contributed by atoms with E-state index >= 15 is 0 Å². The topological polar surface area (TPSA) is 103 Å². The van der Waals surface area contributed by atoms with Crippen molar-refractivity contribution in [2.24, 2.45) is 0 Å². The zero-order valence-electron chi connectivity index (χ0n) is 16.5. The number of fused-ring (bicyclic) bond motifs is 1. The number of anilines is 1. The summed E-state index contributed by atoms with van der Waals surface area (Å²) in [6.07, 6.45) is 0.165. The molecule has 0 fully saturated rings. The van der Waals surface area contributed by atoms with Gasteiger partial charge in [0.2, 0.25) is 5.91 Å². The predicted molar refractivity (Wildman–Crippen MR) is 117 cm³/mol. The molecule has 1 amide bonds. The number of hydrogen-bond acceptors (Lipinski definition) is 6. The highest BCUT2D eigenvalue weighted by Crippen LogP contribution is 2.31. The number of nitrogens with zero attached hydrogens (tertiary/aromatic N) is 4. The zero-order valence-corrected chi connectivity index (χ0v) is 17.3. The van der Waals surface area contributed by atoms with Crippen LogP contribution in [-0.4, -0.2) is 25.6 Å². The molecule has 30 heavy (non-hydrogen) atoms. The largest absolute Gasteiger partial charge is 0.390 e. The summed E-state index contributed by atoms with van der Waals surface area (Å²) in [7, 11) is 0. The lowest BCUT2D eigenvalue weighted by Gasteiger charge is -2.06. The van der Waals surface area contributed by atoms with Crippen LogP contribution in [0, 0.1) is 24.0 Å². The van der Waals surface area contributed by atoms with E-state index in [2.05, 4.69) is 28.4 Å². The van der Waals surface area contributed by atoms with Gasteiger partial charge in [-0.05, 0) is 60.7 Å². The highest BCUT2D eigenvalue weighted by molar-refractivity contribution is 7.21. The average molecular weight is 421 g/mol. The Bertz CT molecular complexity index is 1240. The number of nitro groups is 1. The molecule has 1 N–H and O–H groups in total. The highest BCUT2D eigenvalue weighted by Gasteiger charge is 2.16. The van der Waals surface area contributed by atoms with Gasteiger partial charge < -0.3 is 15.4 Å². The fourth-order valence-corrected chi connectivity index (χ4v) is 4.16. The summed E-state index contributed by atoms with van der Waals surface area (Å²) in [5, 5.41) is 18.5. The SMILES string of the molecule is Cc1ccc2nc(-c3ccc(NC(=O)CCn4nc([N+](=O)[O-])cc4C)cc3)sc2c1. The molecule has 8 nitrogen and oxygen atoms in total. The van der Waals surface area contributed by atoms with E-state index < -0.39 is 4.92 Å². The highest BCUT2D eigenvalue weighted by atomic mass is 32.1. The second-order valence-corrected chi connectivity index (χ2v) is 8.02. The Balaban J connectivity index is 1.39. The molecule has 2 heterocycles. The number of hydrogen-bond donors (Lipinski definition) is 1. The molecule has 0 unspecified atom stereocenters. The molecule has 0 atom stereocenters. The van der Waals surface area contributed by atoms with E-state index in [1.807, 2.05) is 36.4 Å². The van der Waals surface area contributed by atoms with Crippen LogP contribution >= 0.6 is 11.3 Å². The van der Waals surface area contributed by atoms with E-state index in [1.54, 1.807) is 18.3 Å². The molecule has 0 saturated carbocycles. The lowest BCUT2D eigenvalue weighted by molar-refractivity contribution is -0.389. The third kappa shape index (κ3) is 4.20. The Morgan fingerprint density at radius 2 is 1.93 bits per heavy atom. The normalized spacial score (nSPS) is 11.0. The van der Waals surface area contributed by atoms with E-state index in [0.29, 0.717) is 11.4 Å². The van der Waals surface area contributed by atoms with Crippen molar-refractivity contribution in [1.82, 2.24) is 14.8 Å². The minimum Gasteiger partial charge on any atom is -0.358 e. The van der Waals surface area contributed by atoms with Crippen LogP contribution in [0.1, 0.15) is 17.7 Å². The number of rotatable bonds is 6. The number of amides is 1. The molecule has 2 aromatic heterocycles. The van der Waals surface area contributed by atoms with Crippen LogP contribution in [0.15, 0.2) is 48.5 Å². The average Bonchev–Trinajstić information content (AvgIpc) is 3.30. The van der Waals surface area contributed by atoms with Gasteiger partial charge in [-0.3, -0.25) is 4.79 Å². The van der Waals surface area contributed by atoms with Gasteiger partial charge in [0, 0.05) is 17.7 Å². The minimum atomic E-state index is -0.544. The van der Waals surface area contributed by atoms with Crippen LogP contribution < -0.4 is 5.32 Å². The molecule has 0 aliphatic carbocycles. The Morgan fingerprint density at radius 3 is 2.63 bits per heavy atom. The Labute approximate surface area is 176 Å². The van der Waals surface area contributed by atoms with Crippen molar-refractivity contribution < 1.29 is 9.72 Å². The number of aromatic nitrogens is 3. The van der Waals surface area contributed by atoms with E-state index in [0.717, 1.165) is 20.8 Å². The number of carbonyl (C=O) groups is 1. The first-order valence-electron chi connectivity index (χ1n) is 9.35. The molecule has 0 bridgehead atoms. The van der Waals surface area contributed by atoms with Gasteiger partial charge in [-0.1, -0.05) is 6.07 Å². The second-order valence-electron chi connectivity index (χ2n) is 6.99. The van der Waals surface area contributed by atoms with Crippen molar-refractivity contribution in [3.8, 4) is 10.6 Å². The molecule has 4 aromatic rings. The molecule has 152 valence electrons. The maximum absolute atomic E-state index is 12.2. The van der Waals surface area contributed by atoms with Gasteiger partial charge >= 0.3 is 5.82 Å². The quantitative estimate of drug-likeness (QED) is 0.359. The van der Waals surface area contributed by atoms with Crippen molar-refractivity contribution in [2.75, 3.05) is 5.32 Å². The number of aryl methyl sites for hydroxylation is 3. The summed E-state index contributed by atoms with van der Waals surface area (Å²) in [6.45, 7) is 4.06. The van der Waals surface area contributed by atoms with E-state index in [-0.39, 0.29) is 24.7 Å². The fourth-order valence-electron chi connectivity index (χ4n) is 3.09. The van der Waals surface area contributed by atoms with Gasteiger partial charge in [0.1, 0.15) is 5.01 Å². The summed E-state index contributed by atoms with van der Waals surface area (Å²) in [5.41, 5.74) is 4.50. The molecular formula is C21H19N5O3S. The van der Waals surface area contributed by atoms with Crippen LogP contribution in [0.5, 0.6) is 0 Å². The van der Waals surface area contributed by atoms with Gasteiger partial charge in [-0.25, -0.2) is 4.98 Å². The first-order valence-corrected chi connectivity index (χ1v) is 10.2. The third-order valence-corrected chi connectivity index (χ3v) is 5.73. The van der Waals surface area contributed by atoms with Crippen molar-refractivity contribution in [3.63, 3.8) is 0 Å². The van der Waals surface area contributed by atoms with Crippen LogP contribution in [0.2, 0.25) is 0 Å². The van der Waals surface area contributed by atoms with Crippen LogP contribution in [0.3, 0.4) is 0 Å². The molecule has 0 aliphatic heterocycles. The first kappa shape index (κ1) is 19.7. The summed E-state index contributed by atoms with van der Waals surface area (Å²) < 4.78 is 2.62. The van der Waals surface area contributed by atoms with Gasteiger partial charge in [0.25, 0.3) is 0 Å². The minimum absolute atomic E-state index is 0.165. The fraction of sp³-hybridized carbons (Fsp3) is 0.190. The first-order chi connectivity index (χ1) is 14.4. The smallest absolute Gasteiger partial charge is 0.358 e. The van der Waals surface area contributed by atoms with Crippen LogP contribution in [0.4, 0.5) is 11.5 Å². The van der Waals surface area contributed by atoms with Crippen molar-refractivity contribution >= 4 is 39.0 Å². The Morgan fingerprint density at radius 1 is 1.17 bits per heavy atom. The second kappa shape index (κ2) is 8.03. The van der Waals surface area contributed by atoms with Crippen molar-refractivity contribution in [2.45, 2.75) is 26.8 Å². The maximum Gasteiger partial charge on any atom is 0.390 e. The lowest BCUT2D eigenvalue weighted by atomic mass is 10.2. The molecule has 0 spiro atoms. The van der Waals surface area contributed by atoms with Crippen molar-refractivity contribution in [3.05, 3.63) is 69.9 Å². The molecule has 0 radical (unpaired) electrons. The monoisotopic (exact) mass is 421 g/mol. The number of nitrogens with one attached hydrogen (secondary N) is 1. The van der Waals surface area contributed by atoms with Crippen LogP contribution in [-0.2, 0) is 11.3 Å². The number of carbonyl (C=O) groups excluding carboxylic acids is 1. The van der Waals surface area contributed by atoms with Gasteiger partial charge in [0.15, 0.2) is 0 Å².